The topological polar surface area (TPSA) is 40.1 Å². The number of rotatable bonds is 4. The minimum absolute atomic E-state index is 0.329. The largest absolute Gasteiger partial charge is 0.375 e. The molecule has 3 heterocycles. The lowest BCUT2D eigenvalue weighted by Gasteiger charge is -2.40. The summed E-state index contributed by atoms with van der Waals surface area (Å²) in [4.78, 5) is 11.3. The number of benzene rings is 2. The van der Waals surface area contributed by atoms with Crippen LogP contribution in [0.2, 0.25) is 0 Å². The molecule has 0 amide bonds. The molecule has 5 rings (SSSR count). The van der Waals surface area contributed by atoms with Crippen molar-refractivity contribution in [3.8, 4) is 0 Å². The van der Waals surface area contributed by atoms with Crippen LogP contribution in [0.25, 0.3) is 0 Å². The molecule has 6 heteroatoms. The van der Waals surface area contributed by atoms with Crippen molar-refractivity contribution in [1.29, 1.82) is 0 Å². The van der Waals surface area contributed by atoms with Gasteiger partial charge in [0.25, 0.3) is 0 Å². The average molecular weight is 433 g/mol. The maximum atomic E-state index is 6.10. The zero-order chi connectivity index (χ0) is 21.2. The van der Waals surface area contributed by atoms with E-state index in [0.717, 1.165) is 36.8 Å². The normalized spacial score (nSPS) is 18.6. The van der Waals surface area contributed by atoms with Crippen molar-refractivity contribution < 1.29 is 4.74 Å². The van der Waals surface area contributed by atoms with E-state index in [9.17, 15) is 0 Å². The molecule has 1 N–H and O–H groups in total. The van der Waals surface area contributed by atoms with Gasteiger partial charge >= 0.3 is 0 Å². The van der Waals surface area contributed by atoms with Gasteiger partial charge in [0.1, 0.15) is 10.8 Å². The summed E-state index contributed by atoms with van der Waals surface area (Å²) in [5.41, 5.74) is 4.48. The SMILES string of the molecule is Cc1cc2c(s1)Nc1ccccc1N=C2N1CCN(C)[C@@H](COCc2ccccc2)C1. The second kappa shape index (κ2) is 8.83. The highest BCUT2D eigenvalue weighted by Crippen LogP contribution is 2.39. The lowest BCUT2D eigenvalue weighted by molar-refractivity contribution is 0.0325. The van der Waals surface area contributed by atoms with Crippen molar-refractivity contribution in [2.24, 2.45) is 4.99 Å². The van der Waals surface area contributed by atoms with Crippen molar-refractivity contribution in [3.63, 3.8) is 0 Å². The highest BCUT2D eigenvalue weighted by atomic mass is 32.1. The summed E-state index contributed by atoms with van der Waals surface area (Å²) in [6.45, 7) is 6.37. The third kappa shape index (κ3) is 4.37. The minimum Gasteiger partial charge on any atom is -0.375 e. The van der Waals surface area contributed by atoms with Gasteiger partial charge in [-0.15, -0.1) is 11.3 Å². The van der Waals surface area contributed by atoms with Crippen LogP contribution in [-0.2, 0) is 11.3 Å². The molecule has 3 aromatic rings. The monoisotopic (exact) mass is 432 g/mol. The number of amidine groups is 1. The van der Waals surface area contributed by atoms with Crippen LogP contribution in [0.15, 0.2) is 65.7 Å². The molecule has 0 saturated carbocycles. The number of likely N-dealkylation sites (N-methyl/N-ethyl adjacent to an activating group) is 1. The highest BCUT2D eigenvalue weighted by Gasteiger charge is 2.30. The zero-order valence-corrected chi connectivity index (χ0v) is 18.9. The van der Waals surface area contributed by atoms with Gasteiger partial charge in [0.2, 0.25) is 0 Å². The van der Waals surface area contributed by atoms with Gasteiger partial charge in [0.05, 0.1) is 36.2 Å². The van der Waals surface area contributed by atoms with Crippen LogP contribution in [0, 0.1) is 6.92 Å². The molecule has 160 valence electrons. The third-order valence-corrected chi connectivity index (χ3v) is 6.94. The Kier molecular flexibility index (Phi) is 5.76. The summed E-state index contributed by atoms with van der Waals surface area (Å²) < 4.78 is 6.10. The molecule has 1 saturated heterocycles. The van der Waals surface area contributed by atoms with Crippen LogP contribution in [0.1, 0.15) is 16.0 Å². The number of para-hydroxylation sites is 2. The van der Waals surface area contributed by atoms with Gasteiger partial charge in [0.15, 0.2) is 0 Å². The summed E-state index contributed by atoms with van der Waals surface area (Å²) >= 11 is 1.79. The standard InChI is InChI=1S/C25H28N4OS/c1-18-14-21-24(26-22-10-6-7-11-23(22)27-25(21)31-18)29-13-12-28(2)20(15-29)17-30-16-19-8-4-3-5-9-19/h3-11,14,20,27H,12-13,15-17H2,1-2H3/t20-/m1/s1. The molecule has 2 aliphatic heterocycles. The third-order valence-electron chi connectivity index (χ3n) is 5.97. The summed E-state index contributed by atoms with van der Waals surface area (Å²) in [5, 5.41) is 4.79. The van der Waals surface area contributed by atoms with Crippen molar-refractivity contribution in [2.45, 2.75) is 19.6 Å². The molecule has 31 heavy (non-hydrogen) atoms. The Morgan fingerprint density at radius 3 is 2.77 bits per heavy atom. The lowest BCUT2D eigenvalue weighted by Crippen LogP contribution is -2.55. The van der Waals surface area contributed by atoms with Gasteiger partial charge in [-0.05, 0) is 37.7 Å². The number of fused-ring (bicyclic) bond motifs is 2. The first-order chi connectivity index (χ1) is 15.2. The molecular formula is C25H28N4OS. The molecule has 1 aromatic heterocycles. The number of nitrogens with one attached hydrogen (secondary N) is 1. The number of aryl methyl sites for hydroxylation is 1. The van der Waals surface area contributed by atoms with Gasteiger partial charge in [0, 0.05) is 24.5 Å². The van der Waals surface area contributed by atoms with E-state index >= 15 is 0 Å². The van der Waals surface area contributed by atoms with E-state index in [-0.39, 0.29) is 0 Å². The summed E-state index contributed by atoms with van der Waals surface area (Å²) in [6, 6.07) is 21.3. The predicted octanol–water partition coefficient (Wildman–Crippen LogP) is 5.02. The van der Waals surface area contributed by atoms with Crippen LogP contribution in [0.3, 0.4) is 0 Å². The van der Waals surface area contributed by atoms with Crippen LogP contribution in [0.5, 0.6) is 0 Å². The van der Waals surface area contributed by atoms with Crippen molar-refractivity contribution in [1.82, 2.24) is 9.80 Å². The number of piperazine rings is 1. The fraction of sp³-hybridized carbons (Fsp3) is 0.320. The Balaban J connectivity index is 1.36. The van der Waals surface area contributed by atoms with Crippen molar-refractivity contribution >= 4 is 33.5 Å². The van der Waals surface area contributed by atoms with E-state index in [4.69, 9.17) is 9.73 Å². The lowest BCUT2D eigenvalue weighted by atomic mass is 10.1. The van der Waals surface area contributed by atoms with Crippen LogP contribution in [-0.4, -0.2) is 55.0 Å². The maximum Gasteiger partial charge on any atom is 0.139 e. The molecule has 1 fully saturated rings. The van der Waals surface area contributed by atoms with E-state index in [1.807, 2.05) is 6.07 Å². The number of hydrogen-bond acceptors (Lipinski definition) is 6. The quantitative estimate of drug-likeness (QED) is 0.628. The van der Waals surface area contributed by atoms with Gasteiger partial charge in [-0.2, -0.15) is 0 Å². The number of aliphatic imine (C=N–C) groups is 1. The molecule has 0 unspecified atom stereocenters. The van der Waals surface area contributed by atoms with Crippen LogP contribution >= 0.6 is 11.3 Å². The predicted molar refractivity (Wildman–Crippen MR) is 129 cm³/mol. The minimum atomic E-state index is 0.329. The van der Waals surface area contributed by atoms with Gasteiger partial charge < -0.3 is 15.0 Å². The molecule has 2 aliphatic rings. The molecular weight excluding hydrogens is 404 g/mol. The molecule has 0 radical (unpaired) electrons. The molecule has 5 nitrogen and oxygen atoms in total. The Morgan fingerprint density at radius 2 is 1.90 bits per heavy atom. The van der Waals surface area contributed by atoms with E-state index < -0.39 is 0 Å². The average Bonchev–Trinajstić information content (AvgIpc) is 3.07. The van der Waals surface area contributed by atoms with E-state index in [0.29, 0.717) is 19.3 Å². The van der Waals surface area contributed by atoms with Crippen molar-refractivity contribution in [3.05, 3.63) is 76.7 Å². The second-order valence-corrected chi connectivity index (χ2v) is 9.51. The zero-order valence-electron chi connectivity index (χ0n) is 18.0. The Morgan fingerprint density at radius 1 is 1.10 bits per heavy atom. The van der Waals surface area contributed by atoms with Gasteiger partial charge in [-0.25, -0.2) is 4.99 Å². The first-order valence-electron chi connectivity index (χ1n) is 10.8. The maximum absolute atomic E-state index is 6.10. The summed E-state index contributed by atoms with van der Waals surface area (Å²) in [5.74, 6) is 1.07. The van der Waals surface area contributed by atoms with Gasteiger partial charge in [-0.1, -0.05) is 42.5 Å². The number of anilines is 2. The highest BCUT2D eigenvalue weighted by molar-refractivity contribution is 7.16. The number of nitrogens with zero attached hydrogens (tertiary/aromatic N) is 3. The number of thiophene rings is 1. The first-order valence-corrected chi connectivity index (χ1v) is 11.6. The molecule has 0 aliphatic carbocycles. The van der Waals surface area contributed by atoms with E-state index in [2.05, 4.69) is 83.7 Å². The molecule has 2 aromatic carbocycles. The van der Waals surface area contributed by atoms with Gasteiger partial charge in [-0.3, -0.25) is 4.90 Å². The summed E-state index contributed by atoms with van der Waals surface area (Å²) in [7, 11) is 2.19. The smallest absolute Gasteiger partial charge is 0.139 e. The Hall–Kier alpha value is -2.67. The van der Waals surface area contributed by atoms with E-state index in [1.165, 1.54) is 21.0 Å². The van der Waals surface area contributed by atoms with Crippen LogP contribution < -0.4 is 5.32 Å². The fourth-order valence-electron chi connectivity index (χ4n) is 4.19. The Bertz CT molecular complexity index is 1080. The molecule has 0 spiro atoms. The molecule has 0 bridgehead atoms. The van der Waals surface area contributed by atoms with Crippen molar-refractivity contribution in [2.75, 3.05) is 38.6 Å². The molecule has 1 atom stereocenters. The first kappa shape index (κ1) is 20.2. The van der Waals surface area contributed by atoms with Crippen LogP contribution in [0.4, 0.5) is 16.4 Å². The van der Waals surface area contributed by atoms with E-state index in [1.54, 1.807) is 11.3 Å². The number of ether oxygens (including phenoxy) is 1. The number of hydrogen-bond donors (Lipinski definition) is 1. The summed E-state index contributed by atoms with van der Waals surface area (Å²) in [6.07, 6.45) is 0. The fourth-order valence-corrected chi connectivity index (χ4v) is 5.11. The Labute approximate surface area is 188 Å². The second-order valence-electron chi connectivity index (χ2n) is 8.26.